The van der Waals surface area contributed by atoms with E-state index >= 15 is 0 Å². The van der Waals surface area contributed by atoms with Gasteiger partial charge in [-0.3, -0.25) is 0 Å². The Labute approximate surface area is 109 Å². The van der Waals surface area contributed by atoms with Gasteiger partial charge in [0.05, 0.1) is 5.75 Å². The number of hydrogen-bond acceptors (Lipinski definition) is 4. The first-order valence-corrected chi connectivity index (χ1v) is 8.96. The second-order valence-corrected chi connectivity index (χ2v) is 8.21. The van der Waals surface area contributed by atoms with Crippen molar-refractivity contribution in [1.29, 1.82) is 0 Å². The monoisotopic (exact) mass is 280 g/mol. The smallest absolute Gasteiger partial charge is 0.212 e. The van der Waals surface area contributed by atoms with Crippen molar-refractivity contribution in [1.82, 2.24) is 10.0 Å². The maximum Gasteiger partial charge on any atom is 0.212 e. The molecule has 0 saturated carbocycles. The summed E-state index contributed by atoms with van der Waals surface area (Å²) in [6.07, 6.45) is 1.19. The number of hydrogen-bond donors (Lipinski definition) is 2. The lowest BCUT2D eigenvalue weighted by molar-refractivity contribution is 0.249. The Balaban J connectivity index is 2.35. The fourth-order valence-electron chi connectivity index (χ4n) is 1.93. The molecule has 1 rings (SSSR count). The first-order chi connectivity index (χ1) is 7.87. The van der Waals surface area contributed by atoms with Crippen LogP contribution in [-0.2, 0) is 10.0 Å². The first-order valence-electron chi connectivity index (χ1n) is 6.16. The van der Waals surface area contributed by atoms with Gasteiger partial charge in [0, 0.05) is 24.9 Å². The van der Waals surface area contributed by atoms with Crippen molar-refractivity contribution >= 4 is 21.8 Å². The fourth-order valence-corrected chi connectivity index (χ4v) is 4.54. The average molecular weight is 280 g/mol. The summed E-state index contributed by atoms with van der Waals surface area (Å²) in [7, 11) is -3.09. The standard InChI is InChI=1S/C11H24N2O2S2/c1-4-13-17(14,15)8-6-12-10-9-16-7-5-11(10,2)3/h10,12-13H,4-9H2,1-3H3. The predicted octanol–water partition coefficient (Wildman–Crippen LogP) is 1.05. The predicted molar refractivity (Wildman–Crippen MR) is 75.0 cm³/mol. The summed E-state index contributed by atoms with van der Waals surface area (Å²) in [4.78, 5) is 0. The van der Waals surface area contributed by atoms with Gasteiger partial charge in [-0.15, -0.1) is 0 Å². The van der Waals surface area contributed by atoms with Crippen LogP contribution in [-0.4, -0.2) is 44.8 Å². The van der Waals surface area contributed by atoms with Gasteiger partial charge in [0.1, 0.15) is 0 Å². The van der Waals surface area contributed by atoms with Gasteiger partial charge in [0.2, 0.25) is 10.0 Å². The van der Waals surface area contributed by atoms with Crippen LogP contribution < -0.4 is 10.0 Å². The van der Waals surface area contributed by atoms with Crippen LogP contribution in [0.3, 0.4) is 0 Å². The quantitative estimate of drug-likeness (QED) is 0.763. The largest absolute Gasteiger partial charge is 0.312 e. The lowest BCUT2D eigenvalue weighted by Crippen LogP contribution is -2.48. The zero-order chi connectivity index (χ0) is 12.9. The van der Waals surface area contributed by atoms with E-state index in [0.29, 0.717) is 19.1 Å². The zero-order valence-corrected chi connectivity index (χ0v) is 12.6. The van der Waals surface area contributed by atoms with Gasteiger partial charge in [0.25, 0.3) is 0 Å². The van der Waals surface area contributed by atoms with Crippen molar-refractivity contribution in [3.8, 4) is 0 Å². The minimum absolute atomic E-state index is 0.165. The molecule has 0 radical (unpaired) electrons. The van der Waals surface area contributed by atoms with E-state index in [9.17, 15) is 8.42 Å². The highest BCUT2D eigenvalue weighted by Gasteiger charge is 2.32. The molecule has 0 spiro atoms. The molecule has 0 aromatic rings. The Morgan fingerprint density at radius 1 is 1.41 bits per heavy atom. The molecule has 1 aliphatic rings. The Morgan fingerprint density at radius 3 is 2.71 bits per heavy atom. The third-order valence-corrected chi connectivity index (χ3v) is 5.78. The number of thioether (sulfide) groups is 1. The highest BCUT2D eigenvalue weighted by molar-refractivity contribution is 7.99. The molecule has 102 valence electrons. The molecular formula is C11H24N2O2S2. The molecule has 0 aromatic heterocycles. The van der Waals surface area contributed by atoms with Crippen molar-refractivity contribution in [2.45, 2.75) is 33.2 Å². The van der Waals surface area contributed by atoms with Crippen LogP contribution in [0.15, 0.2) is 0 Å². The van der Waals surface area contributed by atoms with Crippen LogP contribution >= 0.6 is 11.8 Å². The van der Waals surface area contributed by atoms with Gasteiger partial charge in [-0.25, -0.2) is 13.1 Å². The Morgan fingerprint density at radius 2 is 2.12 bits per heavy atom. The van der Waals surface area contributed by atoms with E-state index in [1.807, 2.05) is 11.8 Å². The molecule has 17 heavy (non-hydrogen) atoms. The average Bonchev–Trinajstić information content (AvgIpc) is 2.20. The first kappa shape index (κ1) is 15.3. The molecular weight excluding hydrogens is 256 g/mol. The van der Waals surface area contributed by atoms with Gasteiger partial charge in [-0.05, 0) is 17.6 Å². The third-order valence-electron chi connectivity index (χ3n) is 3.24. The van der Waals surface area contributed by atoms with Gasteiger partial charge < -0.3 is 5.32 Å². The summed E-state index contributed by atoms with van der Waals surface area (Å²) in [5, 5.41) is 3.39. The topological polar surface area (TPSA) is 58.2 Å². The minimum atomic E-state index is -3.09. The van der Waals surface area contributed by atoms with Crippen molar-refractivity contribution in [3.05, 3.63) is 0 Å². The zero-order valence-electron chi connectivity index (χ0n) is 11.0. The number of nitrogens with one attached hydrogen (secondary N) is 2. The van der Waals surface area contributed by atoms with E-state index in [1.165, 1.54) is 12.2 Å². The molecule has 4 nitrogen and oxygen atoms in total. The molecule has 1 atom stereocenters. The second-order valence-electron chi connectivity index (χ2n) is 5.14. The molecule has 0 aromatic carbocycles. The molecule has 0 bridgehead atoms. The highest BCUT2D eigenvalue weighted by Crippen LogP contribution is 2.33. The maximum absolute atomic E-state index is 11.5. The van der Waals surface area contributed by atoms with E-state index in [0.717, 1.165) is 5.75 Å². The highest BCUT2D eigenvalue weighted by atomic mass is 32.2. The van der Waals surface area contributed by atoms with Gasteiger partial charge in [-0.1, -0.05) is 20.8 Å². The summed E-state index contributed by atoms with van der Waals surface area (Å²) in [5.74, 6) is 2.45. The Kier molecular flexibility index (Phi) is 5.76. The summed E-state index contributed by atoms with van der Waals surface area (Å²) in [5.41, 5.74) is 0.271. The van der Waals surface area contributed by atoms with E-state index < -0.39 is 10.0 Å². The summed E-state index contributed by atoms with van der Waals surface area (Å²) in [6, 6.07) is 0.415. The molecule has 1 saturated heterocycles. The maximum atomic E-state index is 11.5. The lowest BCUT2D eigenvalue weighted by atomic mass is 9.82. The van der Waals surface area contributed by atoms with E-state index in [2.05, 4.69) is 23.9 Å². The van der Waals surface area contributed by atoms with E-state index in [-0.39, 0.29) is 11.2 Å². The Bertz CT molecular complexity index is 328. The van der Waals surface area contributed by atoms with Crippen LogP contribution in [0.4, 0.5) is 0 Å². The van der Waals surface area contributed by atoms with Gasteiger partial charge >= 0.3 is 0 Å². The van der Waals surface area contributed by atoms with Crippen molar-refractivity contribution in [3.63, 3.8) is 0 Å². The van der Waals surface area contributed by atoms with Crippen LogP contribution in [0, 0.1) is 5.41 Å². The van der Waals surface area contributed by atoms with Crippen molar-refractivity contribution in [2.24, 2.45) is 5.41 Å². The molecule has 1 heterocycles. The van der Waals surface area contributed by atoms with E-state index in [1.54, 1.807) is 6.92 Å². The van der Waals surface area contributed by atoms with Crippen molar-refractivity contribution in [2.75, 3.05) is 30.3 Å². The van der Waals surface area contributed by atoms with Crippen LogP contribution in [0.1, 0.15) is 27.2 Å². The third kappa shape index (κ3) is 5.16. The number of rotatable bonds is 6. The fraction of sp³-hybridized carbons (Fsp3) is 1.00. The number of sulfonamides is 1. The van der Waals surface area contributed by atoms with Crippen LogP contribution in [0.2, 0.25) is 0 Å². The molecule has 1 unspecified atom stereocenters. The minimum Gasteiger partial charge on any atom is -0.312 e. The SMILES string of the molecule is CCNS(=O)(=O)CCNC1CSCCC1(C)C. The summed E-state index contributed by atoms with van der Waals surface area (Å²) < 4.78 is 25.5. The van der Waals surface area contributed by atoms with Gasteiger partial charge in [0.15, 0.2) is 0 Å². The van der Waals surface area contributed by atoms with Crippen molar-refractivity contribution < 1.29 is 8.42 Å². The molecule has 2 N–H and O–H groups in total. The molecule has 1 fully saturated rings. The summed E-state index contributed by atoms with van der Waals surface area (Å²) in [6.45, 7) is 7.30. The van der Waals surface area contributed by atoms with Gasteiger partial charge in [-0.2, -0.15) is 11.8 Å². The summed E-state index contributed by atoms with van der Waals surface area (Å²) >= 11 is 1.95. The normalized spacial score (nSPS) is 24.8. The molecule has 0 amide bonds. The second kappa shape index (κ2) is 6.41. The van der Waals surface area contributed by atoms with Crippen LogP contribution in [0.25, 0.3) is 0 Å². The molecule has 6 heteroatoms. The molecule has 1 aliphatic heterocycles. The van der Waals surface area contributed by atoms with Crippen LogP contribution in [0.5, 0.6) is 0 Å². The van der Waals surface area contributed by atoms with E-state index in [4.69, 9.17) is 0 Å². The molecule has 0 aliphatic carbocycles. The lowest BCUT2D eigenvalue weighted by Gasteiger charge is -2.38. The Hall–Kier alpha value is 0.220.